The monoisotopic (exact) mass is 371 g/mol. The lowest BCUT2D eigenvalue weighted by atomic mass is 9.87. The standard InChI is InChI=1S/C20H25N3O2S/c1-10(2)15-13-8-24-20(5,6)7-12(13)14-16-17(26-19(14)23-15)18(22-9-21-16)25-11(3)4/h9-11H,7-8H2,1-6H3. The predicted octanol–water partition coefficient (Wildman–Crippen LogP) is 5.00. The molecule has 3 aromatic heterocycles. The molecular weight excluding hydrogens is 346 g/mol. The Morgan fingerprint density at radius 2 is 1.92 bits per heavy atom. The quantitative estimate of drug-likeness (QED) is 0.648. The number of pyridine rings is 1. The Hall–Kier alpha value is -1.79. The minimum atomic E-state index is -0.186. The summed E-state index contributed by atoms with van der Waals surface area (Å²) in [6, 6.07) is 0. The molecule has 5 nitrogen and oxygen atoms in total. The maximum absolute atomic E-state index is 6.10. The van der Waals surface area contributed by atoms with Crippen molar-refractivity contribution in [1.29, 1.82) is 0 Å². The zero-order valence-electron chi connectivity index (χ0n) is 16.2. The highest BCUT2D eigenvalue weighted by molar-refractivity contribution is 7.25. The van der Waals surface area contributed by atoms with E-state index in [1.807, 2.05) is 13.8 Å². The first-order chi connectivity index (χ1) is 12.3. The van der Waals surface area contributed by atoms with E-state index in [1.54, 1.807) is 17.7 Å². The molecule has 4 rings (SSSR count). The second kappa shape index (κ2) is 6.13. The molecule has 3 aromatic rings. The van der Waals surface area contributed by atoms with Gasteiger partial charge in [-0.05, 0) is 39.2 Å². The van der Waals surface area contributed by atoms with Crippen molar-refractivity contribution in [1.82, 2.24) is 15.0 Å². The van der Waals surface area contributed by atoms with E-state index in [2.05, 4.69) is 37.7 Å². The Bertz CT molecular complexity index is 992. The lowest BCUT2D eigenvalue weighted by Crippen LogP contribution is -2.32. The number of thiophene rings is 1. The maximum atomic E-state index is 6.10. The summed E-state index contributed by atoms with van der Waals surface area (Å²) >= 11 is 1.63. The molecule has 0 spiro atoms. The van der Waals surface area contributed by atoms with Gasteiger partial charge in [-0.15, -0.1) is 11.3 Å². The van der Waals surface area contributed by atoms with E-state index in [4.69, 9.17) is 14.5 Å². The Balaban J connectivity index is 2.06. The van der Waals surface area contributed by atoms with Crippen molar-refractivity contribution in [3.63, 3.8) is 0 Å². The smallest absolute Gasteiger partial charge is 0.235 e. The van der Waals surface area contributed by atoms with Crippen molar-refractivity contribution < 1.29 is 9.47 Å². The van der Waals surface area contributed by atoms with Gasteiger partial charge in [-0.2, -0.15) is 0 Å². The average Bonchev–Trinajstić information content (AvgIpc) is 2.92. The van der Waals surface area contributed by atoms with Gasteiger partial charge in [0.05, 0.1) is 29.5 Å². The van der Waals surface area contributed by atoms with Crippen LogP contribution >= 0.6 is 11.3 Å². The van der Waals surface area contributed by atoms with Crippen LogP contribution in [0, 0.1) is 0 Å². The molecule has 26 heavy (non-hydrogen) atoms. The summed E-state index contributed by atoms with van der Waals surface area (Å²) in [5.41, 5.74) is 4.46. The Morgan fingerprint density at radius 1 is 1.15 bits per heavy atom. The third-order valence-corrected chi connectivity index (χ3v) is 5.78. The van der Waals surface area contributed by atoms with E-state index >= 15 is 0 Å². The largest absolute Gasteiger partial charge is 0.474 e. The van der Waals surface area contributed by atoms with Gasteiger partial charge in [0.1, 0.15) is 15.9 Å². The van der Waals surface area contributed by atoms with Crippen LogP contribution in [0.3, 0.4) is 0 Å². The van der Waals surface area contributed by atoms with Gasteiger partial charge in [-0.1, -0.05) is 13.8 Å². The maximum Gasteiger partial charge on any atom is 0.235 e. The van der Waals surface area contributed by atoms with E-state index in [0.29, 0.717) is 18.4 Å². The number of aromatic nitrogens is 3. The lowest BCUT2D eigenvalue weighted by molar-refractivity contribution is -0.0402. The SMILES string of the molecule is CC(C)Oc1ncnc2c1sc1nc(C(C)C)c3c(c12)CC(C)(C)OC3. The number of rotatable bonds is 3. The first kappa shape index (κ1) is 17.6. The van der Waals surface area contributed by atoms with Crippen molar-refractivity contribution in [3.05, 3.63) is 23.1 Å². The van der Waals surface area contributed by atoms with Crippen LogP contribution in [0.4, 0.5) is 0 Å². The molecule has 138 valence electrons. The molecule has 0 fully saturated rings. The van der Waals surface area contributed by atoms with Crippen LogP contribution in [0.2, 0.25) is 0 Å². The van der Waals surface area contributed by atoms with Gasteiger partial charge in [-0.3, -0.25) is 0 Å². The summed E-state index contributed by atoms with van der Waals surface area (Å²) < 4.78 is 13.0. The molecule has 0 saturated heterocycles. The zero-order valence-corrected chi connectivity index (χ0v) is 17.0. The summed E-state index contributed by atoms with van der Waals surface area (Å²) in [6.07, 6.45) is 2.52. The first-order valence-electron chi connectivity index (χ1n) is 9.16. The van der Waals surface area contributed by atoms with Crippen molar-refractivity contribution in [2.75, 3.05) is 0 Å². The van der Waals surface area contributed by atoms with Crippen molar-refractivity contribution in [2.45, 2.75) is 72.2 Å². The summed E-state index contributed by atoms with van der Waals surface area (Å²) in [5.74, 6) is 1.000. The summed E-state index contributed by atoms with van der Waals surface area (Å²) in [7, 11) is 0. The van der Waals surface area contributed by atoms with Gasteiger partial charge in [0.25, 0.3) is 0 Å². The van der Waals surface area contributed by atoms with Gasteiger partial charge >= 0.3 is 0 Å². The van der Waals surface area contributed by atoms with Crippen LogP contribution in [-0.4, -0.2) is 26.7 Å². The van der Waals surface area contributed by atoms with Crippen LogP contribution in [0.25, 0.3) is 20.4 Å². The molecule has 0 aromatic carbocycles. The van der Waals surface area contributed by atoms with Gasteiger partial charge < -0.3 is 9.47 Å². The van der Waals surface area contributed by atoms with Crippen LogP contribution in [0.15, 0.2) is 6.33 Å². The summed E-state index contributed by atoms with van der Waals surface area (Å²) in [5, 5.41) is 1.15. The Morgan fingerprint density at radius 3 is 2.62 bits per heavy atom. The molecule has 1 aliphatic rings. The highest BCUT2D eigenvalue weighted by Gasteiger charge is 2.32. The minimum absolute atomic E-state index is 0.0683. The Kier molecular flexibility index (Phi) is 4.15. The van der Waals surface area contributed by atoms with Crippen LogP contribution in [0.1, 0.15) is 64.3 Å². The van der Waals surface area contributed by atoms with Gasteiger partial charge in [-0.25, -0.2) is 15.0 Å². The van der Waals surface area contributed by atoms with Gasteiger partial charge in [0.15, 0.2) is 0 Å². The molecule has 1 aliphatic heterocycles. The van der Waals surface area contributed by atoms with Crippen molar-refractivity contribution in [3.8, 4) is 5.88 Å². The number of hydrogen-bond donors (Lipinski definition) is 0. The van der Waals surface area contributed by atoms with E-state index in [0.717, 1.165) is 32.5 Å². The fraction of sp³-hybridized carbons (Fsp3) is 0.550. The second-order valence-corrected chi connectivity index (χ2v) is 9.14. The van der Waals surface area contributed by atoms with Crippen LogP contribution < -0.4 is 4.74 Å². The average molecular weight is 372 g/mol. The number of ether oxygens (including phenoxy) is 2. The third-order valence-electron chi connectivity index (χ3n) is 4.72. The van der Waals surface area contributed by atoms with Crippen molar-refractivity contribution >= 4 is 31.8 Å². The van der Waals surface area contributed by atoms with Crippen molar-refractivity contribution in [2.24, 2.45) is 0 Å². The normalized spacial score (nSPS) is 16.6. The molecule has 0 radical (unpaired) electrons. The molecule has 0 amide bonds. The fourth-order valence-electron chi connectivity index (χ4n) is 3.59. The molecule has 0 atom stereocenters. The van der Waals surface area contributed by atoms with Gasteiger partial charge in [0.2, 0.25) is 5.88 Å². The third kappa shape index (κ3) is 2.85. The zero-order chi connectivity index (χ0) is 18.6. The number of hydrogen-bond acceptors (Lipinski definition) is 6. The van der Waals surface area contributed by atoms with Crippen LogP contribution in [-0.2, 0) is 17.8 Å². The molecule has 0 aliphatic carbocycles. The lowest BCUT2D eigenvalue weighted by Gasteiger charge is -2.33. The van der Waals surface area contributed by atoms with E-state index in [-0.39, 0.29) is 11.7 Å². The predicted molar refractivity (Wildman–Crippen MR) is 105 cm³/mol. The van der Waals surface area contributed by atoms with E-state index in [9.17, 15) is 0 Å². The number of nitrogens with zero attached hydrogens (tertiary/aromatic N) is 3. The van der Waals surface area contributed by atoms with Crippen LogP contribution in [0.5, 0.6) is 5.88 Å². The molecular formula is C20H25N3O2S. The Labute approximate surface area is 157 Å². The highest BCUT2D eigenvalue weighted by atomic mass is 32.1. The molecule has 6 heteroatoms. The molecule has 0 unspecified atom stereocenters. The molecule has 0 saturated carbocycles. The summed E-state index contributed by atoms with van der Waals surface area (Å²) in [6.45, 7) is 13.3. The number of fused-ring (bicyclic) bond motifs is 5. The second-order valence-electron chi connectivity index (χ2n) is 8.14. The molecule has 0 N–H and O–H groups in total. The minimum Gasteiger partial charge on any atom is -0.474 e. The molecule has 0 bridgehead atoms. The summed E-state index contributed by atoms with van der Waals surface area (Å²) in [4.78, 5) is 15.0. The first-order valence-corrected chi connectivity index (χ1v) is 9.98. The van der Waals surface area contributed by atoms with E-state index < -0.39 is 0 Å². The van der Waals surface area contributed by atoms with Gasteiger partial charge in [0, 0.05) is 17.4 Å². The topological polar surface area (TPSA) is 57.1 Å². The highest BCUT2D eigenvalue weighted by Crippen LogP contribution is 2.43. The fourth-order valence-corrected chi connectivity index (χ4v) is 4.69. The van der Waals surface area contributed by atoms with E-state index in [1.165, 1.54) is 11.1 Å². The molecule has 4 heterocycles.